The van der Waals surface area contributed by atoms with Crippen LogP contribution in [-0.4, -0.2) is 49.1 Å². The number of thioether (sulfide) groups is 1. The minimum absolute atomic E-state index is 0.0526. The van der Waals surface area contributed by atoms with Crippen LogP contribution in [0.3, 0.4) is 0 Å². The Kier molecular flexibility index (Phi) is 5.66. The lowest BCUT2D eigenvalue weighted by Gasteiger charge is -2.35. The number of carbonyl (C=O) groups is 1. The van der Waals surface area contributed by atoms with Crippen LogP contribution in [0.4, 0.5) is 0 Å². The first kappa shape index (κ1) is 20.6. The van der Waals surface area contributed by atoms with Gasteiger partial charge in [-0.05, 0) is 38.8 Å². The third-order valence-corrected chi connectivity index (χ3v) is 6.11. The largest absolute Gasteiger partial charge is 0.375 e. The molecule has 1 amide bonds. The fourth-order valence-corrected chi connectivity index (χ4v) is 4.63. The van der Waals surface area contributed by atoms with E-state index in [0.717, 1.165) is 18.4 Å². The summed E-state index contributed by atoms with van der Waals surface area (Å²) in [6, 6.07) is 7.45. The van der Waals surface area contributed by atoms with E-state index in [9.17, 15) is 9.59 Å². The summed E-state index contributed by atoms with van der Waals surface area (Å²) >= 11 is 1.31. The molecule has 0 aliphatic carbocycles. The lowest BCUT2D eigenvalue weighted by Crippen LogP contribution is -2.46. The van der Waals surface area contributed by atoms with E-state index < -0.39 is 0 Å². The Morgan fingerprint density at radius 1 is 1.40 bits per heavy atom. The van der Waals surface area contributed by atoms with Gasteiger partial charge in [0.1, 0.15) is 0 Å². The lowest BCUT2D eigenvalue weighted by atomic mass is 9.94. The van der Waals surface area contributed by atoms with Crippen LogP contribution in [0.25, 0.3) is 16.7 Å². The van der Waals surface area contributed by atoms with E-state index in [0.29, 0.717) is 29.5 Å². The number of amides is 1. The molecule has 8 nitrogen and oxygen atoms in total. The topological polar surface area (TPSA) is 90.5 Å². The fourth-order valence-electron chi connectivity index (χ4n) is 3.88. The summed E-state index contributed by atoms with van der Waals surface area (Å²) in [7, 11) is 0. The molecule has 30 heavy (non-hydrogen) atoms. The molecule has 3 aromatic rings. The lowest BCUT2D eigenvalue weighted by molar-refractivity contribution is -0.121. The van der Waals surface area contributed by atoms with Crippen molar-refractivity contribution >= 4 is 34.3 Å². The van der Waals surface area contributed by atoms with Crippen molar-refractivity contribution in [3.8, 4) is 0 Å². The zero-order chi connectivity index (χ0) is 21.3. The average Bonchev–Trinajstić information content (AvgIpc) is 3.13. The highest BCUT2D eigenvalue weighted by Gasteiger charge is 2.29. The summed E-state index contributed by atoms with van der Waals surface area (Å²) in [6.45, 7) is 8.78. The Bertz CT molecular complexity index is 1170. The van der Waals surface area contributed by atoms with Gasteiger partial charge in [0.2, 0.25) is 11.7 Å². The maximum absolute atomic E-state index is 12.8. The number of hydrogen-bond acceptors (Lipinski definition) is 6. The van der Waals surface area contributed by atoms with Gasteiger partial charge in [-0.2, -0.15) is 0 Å². The van der Waals surface area contributed by atoms with Crippen LogP contribution in [0.1, 0.15) is 26.7 Å². The minimum Gasteiger partial charge on any atom is -0.375 e. The zero-order valence-corrected chi connectivity index (χ0v) is 17.9. The average molecular weight is 428 g/mol. The van der Waals surface area contributed by atoms with Crippen molar-refractivity contribution in [1.29, 1.82) is 0 Å². The van der Waals surface area contributed by atoms with Crippen molar-refractivity contribution in [3.63, 3.8) is 0 Å². The number of allylic oxidation sites excluding steroid dienone is 1. The van der Waals surface area contributed by atoms with Gasteiger partial charge in [0, 0.05) is 19.2 Å². The van der Waals surface area contributed by atoms with E-state index in [1.165, 1.54) is 16.3 Å². The van der Waals surface area contributed by atoms with Crippen LogP contribution >= 0.6 is 11.8 Å². The van der Waals surface area contributed by atoms with Crippen molar-refractivity contribution in [3.05, 3.63) is 47.3 Å². The first-order chi connectivity index (χ1) is 14.4. The predicted molar refractivity (Wildman–Crippen MR) is 117 cm³/mol. The molecule has 1 aliphatic heterocycles. The molecular weight excluding hydrogens is 402 g/mol. The van der Waals surface area contributed by atoms with E-state index in [1.807, 2.05) is 36.4 Å². The van der Waals surface area contributed by atoms with E-state index in [-0.39, 0.29) is 28.9 Å². The van der Waals surface area contributed by atoms with Gasteiger partial charge < -0.3 is 10.1 Å². The van der Waals surface area contributed by atoms with Crippen LogP contribution in [-0.2, 0) is 16.1 Å². The van der Waals surface area contributed by atoms with E-state index >= 15 is 0 Å². The number of ether oxygens (including phenoxy) is 1. The number of nitrogens with one attached hydrogen (secondary N) is 1. The van der Waals surface area contributed by atoms with Gasteiger partial charge in [-0.1, -0.05) is 30.0 Å². The Labute approximate surface area is 178 Å². The second kappa shape index (κ2) is 8.23. The fraction of sp³-hybridized carbons (Fsp3) is 0.429. The van der Waals surface area contributed by atoms with Crippen molar-refractivity contribution in [1.82, 2.24) is 24.5 Å². The van der Waals surface area contributed by atoms with Crippen LogP contribution in [0.15, 0.2) is 46.9 Å². The maximum Gasteiger partial charge on any atom is 0.263 e. The van der Waals surface area contributed by atoms with Crippen LogP contribution in [0.2, 0.25) is 0 Å². The molecule has 0 radical (unpaired) electrons. The number of rotatable bonds is 6. The monoisotopic (exact) mass is 427 g/mol. The highest BCUT2D eigenvalue weighted by atomic mass is 32.2. The van der Waals surface area contributed by atoms with Crippen LogP contribution < -0.4 is 10.9 Å². The minimum atomic E-state index is -0.222. The van der Waals surface area contributed by atoms with Crippen molar-refractivity contribution in [2.24, 2.45) is 0 Å². The number of benzene rings is 1. The Morgan fingerprint density at radius 3 is 2.97 bits per heavy atom. The van der Waals surface area contributed by atoms with Crippen molar-refractivity contribution in [2.75, 3.05) is 12.4 Å². The normalized spacial score (nSPS) is 18.5. The molecule has 0 bridgehead atoms. The predicted octanol–water partition coefficient (Wildman–Crippen LogP) is 2.40. The van der Waals surface area contributed by atoms with Gasteiger partial charge in [0.15, 0.2) is 5.16 Å². The Balaban J connectivity index is 1.58. The maximum atomic E-state index is 12.8. The Hall–Kier alpha value is -2.65. The summed E-state index contributed by atoms with van der Waals surface area (Å²) in [6.07, 6.45) is 3.25. The summed E-state index contributed by atoms with van der Waals surface area (Å²) < 4.78 is 9.08. The zero-order valence-electron chi connectivity index (χ0n) is 17.1. The first-order valence-electron chi connectivity index (χ1n) is 9.93. The highest BCUT2D eigenvalue weighted by molar-refractivity contribution is 7.99. The standard InChI is InChI=1S/C21H25N5O3S/c1-4-10-25-18(28)15-7-5-6-8-16(15)26-19(25)23-24-20(26)30-13-17(27)22-14-9-11-29-21(2,3)12-14/h4-8,14H,1,9-13H2,2-3H3,(H,22,27). The quantitative estimate of drug-likeness (QED) is 0.480. The van der Waals surface area contributed by atoms with Gasteiger partial charge in [-0.3, -0.25) is 18.6 Å². The first-order valence-corrected chi connectivity index (χ1v) is 10.9. The van der Waals surface area contributed by atoms with Crippen LogP contribution in [0.5, 0.6) is 0 Å². The van der Waals surface area contributed by atoms with E-state index in [4.69, 9.17) is 4.74 Å². The molecule has 1 aliphatic rings. The van der Waals surface area contributed by atoms with Crippen molar-refractivity contribution in [2.45, 2.75) is 50.0 Å². The molecule has 4 rings (SSSR count). The number of aromatic nitrogens is 4. The van der Waals surface area contributed by atoms with Crippen LogP contribution in [0, 0.1) is 0 Å². The molecule has 3 heterocycles. The molecule has 2 aromatic heterocycles. The molecule has 9 heteroatoms. The van der Waals surface area contributed by atoms with E-state index in [2.05, 4.69) is 22.1 Å². The number of para-hydroxylation sites is 1. The summed E-state index contributed by atoms with van der Waals surface area (Å²) in [5.74, 6) is 0.601. The van der Waals surface area contributed by atoms with Gasteiger partial charge in [-0.15, -0.1) is 16.8 Å². The SMILES string of the molecule is C=CCn1c(=O)c2ccccc2n2c(SCC(=O)NC3CCOC(C)(C)C3)nnc12. The summed E-state index contributed by atoms with van der Waals surface area (Å²) in [5.41, 5.74) is 0.360. The third kappa shape index (κ3) is 3.99. The smallest absolute Gasteiger partial charge is 0.263 e. The molecular formula is C21H25N5O3S. The molecule has 0 saturated carbocycles. The molecule has 1 saturated heterocycles. The highest BCUT2D eigenvalue weighted by Crippen LogP contribution is 2.25. The van der Waals surface area contributed by atoms with Gasteiger partial charge in [0.25, 0.3) is 5.56 Å². The van der Waals surface area contributed by atoms with Gasteiger partial charge in [0.05, 0.1) is 22.3 Å². The number of fused-ring (bicyclic) bond motifs is 3. The second-order valence-electron chi connectivity index (χ2n) is 7.99. The molecule has 0 spiro atoms. The van der Waals surface area contributed by atoms with Crippen molar-refractivity contribution < 1.29 is 9.53 Å². The third-order valence-electron chi connectivity index (χ3n) is 5.18. The molecule has 1 N–H and O–H groups in total. The summed E-state index contributed by atoms with van der Waals surface area (Å²) in [5, 5.41) is 12.7. The molecule has 1 unspecified atom stereocenters. The van der Waals surface area contributed by atoms with Gasteiger partial charge >= 0.3 is 0 Å². The Morgan fingerprint density at radius 2 is 2.20 bits per heavy atom. The summed E-state index contributed by atoms with van der Waals surface area (Å²) in [4.78, 5) is 25.4. The number of hydrogen-bond donors (Lipinski definition) is 1. The second-order valence-corrected chi connectivity index (χ2v) is 8.94. The molecule has 1 aromatic carbocycles. The number of nitrogens with zero attached hydrogens (tertiary/aromatic N) is 4. The molecule has 1 atom stereocenters. The molecule has 158 valence electrons. The van der Waals surface area contributed by atoms with E-state index in [1.54, 1.807) is 12.1 Å². The molecule has 1 fully saturated rings. The number of carbonyl (C=O) groups excluding carboxylic acids is 1. The van der Waals surface area contributed by atoms with Gasteiger partial charge in [-0.25, -0.2) is 0 Å².